The molecule has 1 saturated heterocycles. The first kappa shape index (κ1) is 13.7. The third kappa shape index (κ3) is 3.64. The molecule has 1 N–H and O–H groups in total. The van der Waals surface area contributed by atoms with Crippen molar-refractivity contribution in [3.8, 4) is 11.5 Å². The van der Waals surface area contributed by atoms with E-state index in [9.17, 15) is 0 Å². The number of hydrogen-bond acceptors (Lipinski definition) is 4. The highest BCUT2D eigenvalue weighted by molar-refractivity contribution is 5.31. The molecule has 3 rings (SSSR count). The normalized spacial score (nSPS) is 23.6. The molecule has 4 nitrogen and oxygen atoms in total. The fourth-order valence-corrected chi connectivity index (χ4v) is 2.82. The molecule has 1 aromatic carbocycles. The fourth-order valence-electron chi connectivity index (χ4n) is 2.82. The van der Waals surface area contributed by atoms with E-state index in [0.717, 1.165) is 43.7 Å². The molecule has 20 heavy (non-hydrogen) atoms. The van der Waals surface area contributed by atoms with Gasteiger partial charge < -0.3 is 14.8 Å². The Hall–Kier alpha value is -1.26. The Morgan fingerprint density at radius 2 is 1.95 bits per heavy atom. The summed E-state index contributed by atoms with van der Waals surface area (Å²) in [7, 11) is 1.68. The van der Waals surface area contributed by atoms with Crippen LogP contribution in [0.3, 0.4) is 0 Å². The quantitative estimate of drug-likeness (QED) is 0.858. The third-order valence-corrected chi connectivity index (χ3v) is 4.22. The summed E-state index contributed by atoms with van der Waals surface area (Å²) in [6.45, 7) is 5.19. The van der Waals surface area contributed by atoms with Crippen LogP contribution < -0.4 is 14.8 Å². The largest absolute Gasteiger partial charge is 0.497 e. The van der Waals surface area contributed by atoms with E-state index in [0.29, 0.717) is 6.04 Å². The summed E-state index contributed by atoms with van der Waals surface area (Å²) in [6, 6.07) is 8.50. The maximum absolute atomic E-state index is 5.80. The average molecular weight is 276 g/mol. The Balaban J connectivity index is 1.40. The number of rotatable bonds is 6. The van der Waals surface area contributed by atoms with Crippen molar-refractivity contribution >= 4 is 0 Å². The molecule has 1 aromatic rings. The van der Waals surface area contributed by atoms with Crippen LogP contribution in [0.5, 0.6) is 11.5 Å². The van der Waals surface area contributed by atoms with Gasteiger partial charge in [-0.2, -0.15) is 0 Å². The first-order valence-corrected chi connectivity index (χ1v) is 7.58. The fraction of sp³-hybridized carbons (Fsp3) is 0.625. The molecule has 0 bridgehead atoms. The van der Waals surface area contributed by atoms with Crippen molar-refractivity contribution in [2.75, 3.05) is 39.9 Å². The van der Waals surface area contributed by atoms with Crippen molar-refractivity contribution in [2.24, 2.45) is 5.92 Å². The van der Waals surface area contributed by atoms with Gasteiger partial charge in [0.1, 0.15) is 18.1 Å². The second-order valence-electron chi connectivity index (χ2n) is 5.72. The zero-order valence-corrected chi connectivity index (χ0v) is 12.2. The lowest BCUT2D eigenvalue weighted by Crippen LogP contribution is -2.52. The van der Waals surface area contributed by atoms with Gasteiger partial charge in [0.25, 0.3) is 0 Å². The monoisotopic (exact) mass is 276 g/mol. The van der Waals surface area contributed by atoms with E-state index in [2.05, 4.69) is 10.2 Å². The van der Waals surface area contributed by atoms with Gasteiger partial charge in [0, 0.05) is 32.2 Å². The Labute approximate surface area is 121 Å². The van der Waals surface area contributed by atoms with E-state index < -0.39 is 0 Å². The first-order valence-electron chi connectivity index (χ1n) is 7.58. The molecule has 1 heterocycles. The Morgan fingerprint density at radius 1 is 1.20 bits per heavy atom. The maximum Gasteiger partial charge on any atom is 0.119 e. The third-order valence-electron chi connectivity index (χ3n) is 4.22. The molecule has 2 aliphatic rings. The molecule has 0 amide bonds. The van der Waals surface area contributed by atoms with E-state index in [1.54, 1.807) is 7.11 Å². The lowest BCUT2D eigenvalue weighted by molar-refractivity contribution is 0.158. The van der Waals surface area contributed by atoms with Crippen LogP contribution in [0.1, 0.15) is 12.8 Å². The minimum Gasteiger partial charge on any atom is -0.497 e. The number of methoxy groups -OCH3 is 1. The lowest BCUT2D eigenvalue weighted by atomic mass is 10.1. The van der Waals surface area contributed by atoms with E-state index >= 15 is 0 Å². The van der Waals surface area contributed by atoms with E-state index in [1.807, 2.05) is 24.3 Å². The minimum atomic E-state index is 0.713. The Kier molecular flexibility index (Phi) is 4.43. The highest BCUT2D eigenvalue weighted by Gasteiger charge is 2.33. The van der Waals surface area contributed by atoms with Crippen LogP contribution in [-0.4, -0.2) is 50.8 Å². The van der Waals surface area contributed by atoms with Gasteiger partial charge in [-0.3, -0.25) is 4.90 Å². The van der Waals surface area contributed by atoms with Crippen molar-refractivity contribution < 1.29 is 9.47 Å². The van der Waals surface area contributed by atoms with Crippen molar-refractivity contribution in [1.82, 2.24) is 10.2 Å². The van der Waals surface area contributed by atoms with E-state index in [-0.39, 0.29) is 0 Å². The predicted molar refractivity (Wildman–Crippen MR) is 79.4 cm³/mol. The second-order valence-corrected chi connectivity index (χ2v) is 5.72. The van der Waals surface area contributed by atoms with E-state index in [1.165, 1.54) is 19.4 Å². The molecule has 0 aromatic heterocycles. The smallest absolute Gasteiger partial charge is 0.119 e. The second kappa shape index (κ2) is 6.46. The highest BCUT2D eigenvalue weighted by Crippen LogP contribution is 2.33. The zero-order chi connectivity index (χ0) is 13.8. The number of nitrogens with one attached hydrogen (secondary N) is 1. The standard InChI is InChI=1S/C16H24N2O2/c1-19-14-4-6-15(7-5-14)20-11-10-18-9-8-17-16(12-18)13-2-3-13/h4-7,13,16-17H,2-3,8-12H2,1H3. The predicted octanol–water partition coefficient (Wildman–Crippen LogP) is 1.76. The van der Waals surface area contributed by atoms with Gasteiger partial charge in [0.05, 0.1) is 7.11 Å². The number of ether oxygens (including phenoxy) is 2. The summed E-state index contributed by atoms with van der Waals surface area (Å²) >= 11 is 0. The molecule has 2 fully saturated rings. The van der Waals surface area contributed by atoms with Crippen LogP contribution in [-0.2, 0) is 0 Å². The van der Waals surface area contributed by atoms with Crippen molar-refractivity contribution in [1.29, 1.82) is 0 Å². The summed E-state index contributed by atoms with van der Waals surface area (Å²) in [5, 5.41) is 3.64. The zero-order valence-electron chi connectivity index (χ0n) is 12.2. The number of hydrogen-bond donors (Lipinski definition) is 1. The van der Waals surface area contributed by atoms with Crippen LogP contribution >= 0.6 is 0 Å². The molecule has 0 spiro atoms. The number of benzene rings is 1. The summed E-state index contributed by atoms with van der Waals surface area (Å²) in [5.41, 5.74) is 0. The number of nitrogens with zero attached hydrogens (tertiary/aromatic N) is 1. The molecule has 4 heteroatoms. The topological polar surface area (TPSA) is 33.7 Å². The van der Waals surface area contributed by atoms with Gasteiger partial charge in [-0.25, -0.2) is 0 Å². The Bertz CT molecular complexity index is 417. The molecule has 1 aliphatic heterocycles. The molecule has 1 unspecified atom stereocenters. The molecule has 1 aliphatic carbocycles. The maximum atomic E-state index is 5.80. The van der Waals surface area contributed by atoms with Gasteiger partial charge in [-0.15, -0.1) is 0 Å². The summed E-state index contributed by atoms with van der Waals surface area (Å²) in [4.78, 5) is 2.52. The average Bonchev–Trinajstić information content (AvgIpc) is 3.33. The lowest BCUT2D eigenvalue weighted by Gasteiger charge is -2.33. The van der Waals surface area contributed by atoms with Crippen LogP contribution in [0.15, 0.2) is 24.3 Å². The molecule has 1 saturated carbocycles. The van der Waals surface area contributed by atoms with Crippen molar-refractivity contribution in [3.63, 3.8) is 0 Å². The highest BCUT2D eigenvalue weighted by atomic mass is 16.5. The molecule has 110 valence electrons. The van der Waals surface area contributed by atoms with Gasteiger partial charge >= 0.3 is 0 Å². The van der Waals surface area contributed by atoms with E-state index in [4.69, 9.17) is 9.47 Å². The van der Waals surface area contributed by atoms with Crippen LogP contribution in [0.4, 0.5) is 0 Å². The molecular weight excluding hydrogens is 252 g/mol. The molecular formula is C16H24N2O2. The number of piperazine rings is 1. The SMILES string of the molecule is COc1ccc(OCCN2CCNC(C3CC3)C2)cc1. The van der Waals surface area contributed by atoms with Crippen molar-refractivity contribution in [2.45, 2.75) is 18.9 Å². The van der Waals surface area contributed by atoms with Crippen LogP contribution in [0.25, 0.3) is 0 Å². The minimum absolute atomic E-state index is 0.713. The van der Waals surface area contributed by atoms with Gasteiger partial charge in [-0.05, 0) is 43.0 Å². The van der Waals surface area contributed by atoms with Gasteiger partial charge in [0.15, 0.2) is 0 Å². The summed E-state index contributed by atoms with van der Waals surface area (Å²) < 4.78 is 10.9. The Morgan fingerprint density at radius 3 is 2.65 bits per heavy atom. The van der Waals surface area contributed by atoms with Gasteiger partial charge in [0.2, 0.25) is 0 Å². The first-order chi connectivity index (χ1) is 9.85. The van der Waals surface area contributed by atoms with Crippen LogP contribution in [0, 0.1) is 5.92 Å². The molecule has 0 radical (unpaired) electrons. The molecule has 1 atom stereocenters. The van der Waals surface area contributed by atoms with Crippen molar-refractivity contribution in [3.05, 3.63) is 24.3 Å². The van der Waals surface area contributed by atoms with Gasteiger partial charge in [-0.1, -0.05) is 0 Å². The summed E-state index contributed by atoms with van der Waals surface area (Å²) in [5.74, 6) is 2.71. The van der Waals surface area contributed by atoms with Crippen LogP contribution in [0.2, 0.25) is 0 Å². The summed E-state index contributed by atoms with van der Waals surface area (Å²) in [6.07, 6.45) is 2.82.